The first-order valence-corrected chi connectivity index (χ1v) is 6.51. The average Bonchev–Trinajstić information content (AvgIpc) is 2.78. The highest BCUT2D eigenvalue weighted by atomic mass is 32.1. The first-order valence-electron chi connectivity index (χ1n) is 5.63. The molecule has 90 valence electrons. The molecule has 0 aliphatic carbocycles. The molecule has 0 spiro atoms. The van der Waals surface area contributed by atoms with E-state index < -0.39 is 0 Å². The summed E-state index contributed by atoms with van der Waals surface area (Å²) in [6.07, 6.45) is 0. The van der Waals surface area contributed by atoms with Gasteiger partial charge in [0.25, 0.3) is 0 Å². The summed E-state index contributed by atoms with van der Waals surface area (Å²) in [5, 5.41) is 6.39. The molecule has 0 saturated heterocycles. The van der Waals surface area contributed by atoms with Gasteiger partial charge in [-0.2, -0.15) is 0 Å². The minimum atomic E-state index is 0.847. The van der Waals surface area contributed by atoms with E-state index in [2.05, 4.69) is 51.9 Å². The van der Waals surface area contributed by atoms with Crippen molar-refractivity contribution in [2.24, 2.45) is 0 Å². The van der Waals surface area contributed by atoms with Gasteiger partial charge in [0, 0.05) is 24.7 Å². The van der Waals surface area contributed by atoms with Gasteiger partial charge in [0.15, 0.2) is 0 Å². The maximum Gasteiger partial charge on any atom is 0.107 e. The molecule has 4 heteroatoms. The van der Waals surface area contributed by atoms with Gasteiger partial charge in [-0.15, -0.1) is 11.3 Å². The number of rotatable bonds is 5. The highest BCUT2D eigenvalue weighted by Gasteiger charge is 2.05. The van der Waals surface area contributed by atoms with Crippen LogP contribution in [0.5, 0.6) is 0 Å². The smallest absolute Gasteiger partial charge is 0.107 e. The van der Waals surface area contributed by atoms with Gasteiger partial charge in [-0.05, 0) is 19.2 Å². The Morgan fingerprint density at radius 2 is 2.06 bits per heavy atom. The number of aromatic nitrogens is 1. The number of para-hydroxylation sites is 1. The van der Waals surface area contributed by atoms with Crippen LogP contribution in [0.2, 0.25) is 0 Å². The third-order valence-corrected chi connectivity index (χ3v) is 3.42. The van der Waals surface area contributed by atoms with Crippen LogP contribution >= 0.6 is 11.3 Å². The molecular formula is C13H17N3S. The quantitative estimate of drug-likeness (QED) is 0.880. The van der Waals surface area contributed by atoms with Crippen molar-refractivity contribution in [3.05, 3.63) is 46.4 Å². The van der Waals surface area contributed by atoms with Crippen LogP contribution in [0.25, 0.3) is 0 Å². The first kappa shape index (κ1) is 12.1. The minimum absolute atomic E-state index is 0.847. The van der Waals surface area contributed by atoms with E-state index in [1.54, 1.807) is 11.3 Å². The van der Waals surface area contributed by atoms with Crippen molar-refractivity contribution in [3.8, 4) is 0 Å². The van der Waals surface area contributed by atoms with E-state index in [0.717, 1.165) is 23.8 Å². The molecule has 0 saturated carbocycles. The van der Waals surface area contributed by atoms with E-state index in [1.165, 1.54) is 5.69 Å². The molecule has 0 fully saturated rings. The van der Waals surface area contributed by atoms with Gasteiger partial charge < -0.3 is 10.2 Å². The number of nitrogens with zero attached hydrogens (tertiary/aromatic N) is 2. The van der Waals surface area contributed by atoms with E-state index in [9.17, 15) is 0 Å². The molecule has 0 aliphatic heterocycles. The lowest BCUT2D eigenvalue weighted by Crippen LogP contribution is -2.16. The molecule has 1 heterocycles. The number of benzene rings is 1. The second-order valence-corrected chi connectivity index (χ2v) is 4.90. The summed E-state index contributed by atoms with van der Waals surface area (Å²) < 4.78 is 0. The Balaban J connectivity index is 2.00. The van der Waals surface area contributed by atoms with E-state index in [0.29, 0.717) is 0 Å². The molecule has 1 N–H and O–H groups in total. The standard InChI is InChI=1S/C13H17N3S/c1-14-8-13-15-11(10-17-13)9-16(2)12-6-4-3-5-7-12/h3-7,10,14H,8-9H2,1-2H3. The minimum Gasteiger partial charge on any atom is -0.369 e. The van der Waals surface area contributed by atoms with Crippen LogP contribution in [-0.4, -0.2) is 19.1 Å². The third kappa shape index (κ3) is 3.28. The monoisotopic (exact) mass is 247 g/mol. The number of hydrogen-bond donors (Lipinski definition) is 1. The molecule has 0 atom stereocenters. The molecule has 3 nitrogen and oxygen atoms in total. The van der Waals surface area contributed by atoms with Gasteiger partial charge in [-0.1, -0.05) is 18.2 Å². The molecule has 2 aromatic rings. The van der Waals surface area contributed by atoms with Crippen LogP contribution in [0.15, 0.2) is 35.7 Å². The van der Waals surface area contributed by atoms with Gasteiger partial charge in [-0.25, -0.2) is 4.98 Å². The Bertz CT molecular complexity index is 453. The van der Waals surface area contributed by atoms with Crippen molar-refractivity contribution in [1.82, 2.24) is 10.3 Å². The zero-order valence-electron chi connectivity index (χ0n) is 10.2. The summed E-state index contributed by atoms with van der Waals surface area (Å²) in [5.74, 6) is 0. The van der Waals surface area contributed by atoms with Crippen LogP contribution < -0.4 is 10.2 Å². The summed E-state index contributed by atoms with van der Waals surface area (Å²) in [6.45, 7) is 1.70. The Kier molecular flexibility index (Phi) is 4.12. The molecule has 0 aliphatic rings. The van der Waals surface area contributed by atoms with Crippen molar-refractivity contribution < 1.29 is 0 Å². The first-order chi connectivity index (χ1) is 8.29. The number of anilines is 1. The molecular weight excluding hydrogens is 230 g/mol. The Hall–Kier alpha value is -1.39. The van der Waals surface area contributed by atoms with Crippen LogP contribution in [0.4, 0.5) is 5.69 Å². The second kappa shape index (κ2) is 5.80. The number of nitrogens with one attached hydrogen (secondary N) is 1. The molecule has 0 radical (unpaired) electrons. The van der Waals surface area contributed by atoms with Crippen molar-refractivity contribution in [2.45, 2.75) is 13.1 Å². The van der Waals surface area contributed by atoms with Crippen molar-refractivity contribution in [3.63, 3.8) is 0 Å². The molecule has 1 aromatic carbocycles. The van der Waals surface area contributed by atoms with Gasteiger partial charge >= 0.3 is 0 Å². The maximum absolute atomic E-state index is 4.58. The summed E-state index contributed by atoms with van der Waals surface area (Å²) in [4.78, 5) is 6.79. The normalized spacial score (nSPS) is 10.5. The largest absolute Gasteiger partial charge is 0.369 e. The van der Waals surface area contributed by atoms with Gasteiger partial charge in [0.2, 0.25) is 0 Å². The molecule has 2 rings (SSSR count). The molecule has 0 amide bonds. The third-order valence-electron chi connectivity index (χ3n) is 2.52. The maximum atomic E-state index is 4.58. The Morgan fingerprint density at radius 1 is 1.29 bits per heavy atom. The van der Waals surface area contributed by atoms with E-state index in [1.807, 2.05) is 13.1 Å². The average molecular weight is 247 g/mol. The highest BCUT2D eigenvalue weighted by Crippen LogP contribution is 2.16. The summed E-state index contributed by atoms with van der Waals surface area (Å²) in [7, 11) is 4.03. The van der Waals surface area contributed by atoms with E-state index in [-0.39, 0.29) is 0 Å². The molecule has 0 bridgehead atoms. The van der Waals surface area contributed by atoms with Gasteiger partial charge in [0.1, 0.15) is 5.01 Å². The topological polar surface area (TPSA) is 28.2 Å². The summed E-state index contributed by atoms with van der Waals surface area (Å²) in [5.41, 5.74) is 2.35. The fourth-order valence-electron chi connectivity index (χ4n) is 1.67. The SMILES string of the molecule is CNCc1nc(CN(C)c2ccccc2)cs1. The summed E-state index contributed by atoms with van der Waals surface area (Å²) in [6, 6.07) is 10.4. The zero-order chi connectivity index (χ0) is 12.1. The predicted molar refractivity (Wildman–Crippen MR) is 73.4 cm³/mol. The lowest BCUT2D eigenvalue weighted by molar-refractivity contribution is 0.797. The summed E-state index contributed by atoms with van der Waals surface area (Å²) >= 11 is 1.71. The fourth-order valence-corrected chi connectivity index (χ4v) is 2.47. The highest BCUT2D eigenvalue weighted by molar-refractivity contribution is 7.09. The predicted octanol–water partition coefficient (Wildman–Crippen LogP) is 2.50. The van der Waals surface area contributed by atoms with Crippen LogP contribution in [-0.2, 0) is 13.1 Å². The second-order valence-electron chi connectivity index (χ2n) is 3.95. The zero-order valence-corrected chi connectivity index (χ0v) is 11.0. The Labute approximate surface area is 106 Å². The molecule has 1 aromatic heterocycles. The molecule has 0 unspecified atom stereocenters. The fraction of sp³-hybridized carbons (Fsp3) is 0.308. The van der Waals surface area contributed by atoms with Gasteiger partial charge in [0.05, 0.1) is 12.2 Å². The van der Waals surface area contributed by atoms with Crippen LogP contribution in [0, 0.1) is 0 Å². The lowest BCUT2D eigenvalue weighted by atomic mass is 10.3. The van der Waals surface area contributed by atoms with Crippen LogP contribution in [0.1, 0.15) is 10.7 Å². The van der Waals surface area contributed by atoms with Crippen LogP contribution in [0.3, 0.4) is 0 Å². The lowest BCUT2D eigenvalue weighted by Gasteiger charge is -2.17. The van der Waals surface area contributed by atoms with Crippen molar-refractivity contribution in [1.29, 1.82) is 0 Å². The number of hydrogen-bond acceptors (Lipinski definition) is 4. The number of thiazole rings is 1. The van der Waals surface area contributed by atoms with Crippen molar-refractivity contribution >= 4 is 17.0 Å². The molecule has 17 heavy (non-hydrogen) atoms. The van der Waals surface area contributed by atoms with Crippen molar-refractivity contribution in [2.75, 3.05) is 19.0 Å². The van der Waals surface area contributed by atoms with Gasteiger partial charge in [-0.3, -0.25) is 0 Å². The van der Waals surface area contributed by atoms with E-state index >= 15 is 0 Å². The van der Waals surface area contributed by atoms with E-state index in [4.69, 9.17) is 0 Å². The Morgan fingerprint density at radius 3 is 2.76 bits per heavy atom.